The van der Waals surface area contributed by atoms with Crippen LogP contribution in [0.3, 0.4) is 0 Å². The SMILES string of the molecule is CC(C)N(C)CCCCNS(=O)(=O)c1cc(Cl)sc1Cl. The number of unbranched alkanes of at least 4 members (excludes halogenated alkanes) is 1. The van der Waals surface area contributed by atoms with E-state index >= 15 is 0 Å². The minimum atomic E-state index is -3.56. The lowest BCUT2D eigenvalue weighted by molar-refractivity contribution is 0.268. The minimum Gasteiger partial charge on any atom is -0.304 e. The van der Waals surface area contributed by atoms with Gasteiger partial charge in [-0.2, -0.15) is 0 Å². The molecule has 0 saturated carbocycles. The summed E-state index contributed by atoms with van der Waals surface area (Å²) in [5.41, 5.74) is 0. The number of thiophene rings is 1. The second-order valence-electron chi connectivity index (χ2n) is 4.87. The number of nitrogens with zero attached hydrogens (tertiary/aromatic N) is 1. The molecule has 20 heavy (non-hydrogen) atoms. The van der Waals surface area contributed by atoms with Crippen molar-refractivity contribution in [2.75, 3.05) is 20.1 Å². The van der Waals surface area contributed by atoms with E-state index in [2.05, 4.69) is 30.5 Å². The van der Waals surface area contributed by atoms with Gasteiger partial charge in [0.2, 0.25) is 10.0 Å². The lowest BCUT2D eigenvalue weighted by atomic mass is 10.2. The van der Waals surface area contributed by atoms with Crippen LogP contribution in [0.1, 0.15) is 26.7 Å². The lowest BCUT2D eigenvalue weighted by Crippen LogP contribution is -2.29. The number of sulfonamides is 1. The van der Waals surface area contributed by atoms with Crippen LogP contribution in [0.5, 0.6) is 0 Å². The quantitative estimate of drug-likeness (QED) is 0.724. The Morgan fingerprint density at radius 3 is 2.50 bits per heavy atom. The third-order valence-corrected chi connectivity index (χ3v) is 6.24. The molecule has 0 amide bonds. The first-order valence-corrected chi connectivity index (χ1v) is 9.44. The van der Waals surface area contributed by atoms with Crippen molar-refractivity contribution in [3.63, 3.8) is 0 Å². The lowest BCUT2D eigenvalue weighted by Gasteiger charge is -2.20. The fraction of sp³-hybridized carbons (Fsp3) is 0.667. The largest absolute Gasteiger partial charge is 0.304 e. The molecule has 0 radical (unpaired) electrons. The molecule has 0 aromatic carbocycles. The van der Waals surface area contributed by atoms with E-state index in [4.69, 9.17) is 23.2 Å². The molecule has 116 valence electrons. The van der Waals surface area contributed by atoms with Crippen molar-refractivity contribution in [3.8, 4) is 0 Å². The fourth-order valence-corrected chi connectivity index (χ4v) is 4.76. The van der Waals surface area contributed by atoms with Gasteiger partial charge in [0.1, 0.15) is 9.23 Å². The van der Waals surface area contributed by atoms with Gasteiger partial charge in [-0.25, -0.2) is 13.1 Å². The molecule has 1 heterocycles. The molecule has 0 aliphatic carbocycles. The van der Waals surface area contributed by atoms with Gasteiger partial charge in [-0.15, -0.1) is 11.3 Å². The van der Waals surface area contributed by atoms with E-state index in [1.807, 2.05) is 0 Å². The van der Waals surface area contributed by atoms with Crippen LogP contribution in [0.4, 0.5) is 0 Å². The van der Waals surface area contributed by atoms with Crippen LogP contribution >= 0.6 is 34.5 Å². The standard InChI is InChI=1S/C12H20Cl2N2O2S2/c1-9(2)16(3)7-5-4-6-15-20(17,18)10-8-11(13)19-12(10)14/h8-9,15H,4-7H2,1-3H3. The highest BCUT2D eigenvalue weighted by Gasteiger charge is 2.20. The molecule has 0 saturated heterocycles. The van der Waals surface area contributed by atoms with E-state index in [1.165, 1.54) is 6.07 Å². The minimum absolute atomic E-state index is 0.0634. The van der Waals surface area contributed by atoms with Crippen molar-refractivity contribution in [1.82, 2.24) is 9.62 Å². The number of rotatable bonds is 8. The van der Waals surface area contributed by atoms with Gasteiger partial charge in [0, 0.05) is 12.6 Å². The van der Waals surface area contributed by atoms with E-state index in [0.29, 0.717) is 16.9 Å². The van der Waals surface area contributed by atoms with Crippen molar-refractivity contribution in [3.05, 3.63) is 14.7 Å². The maximum Gasteiger partial charge on any atom is 0.242 e. The highest BCUT2D eigenvalue weighted by atomic mass is 35.5. The van der Waals surface area contributed by atoms with Crippen molar-refractivity contribution in [2.45, 2.75) is 37.6 Å². The van der Waals surface area contributed by atoms with Gasteiger partial charge in [-0.1, -0.05) is 23.2 Å². The molecule has 1 rings (SSSR count). The zero-order chi connectivity index (χ0) is 15.3. The number of halogens is 2. The first kappa shape index (κ1) is 18.2. The Bertz CT molecular complexity index is 530. The molecule has 1 N–H and O–H groups in total. The second-order valence-corrected chi connectivity index (χ2v) is 8.89. The van der Waals surface area contributed by atoms with Crippen LogP contribution in [0.15, 0.2) is 11.0 Å². The molecule has 0 bridgehead atoms. The maximum atomic E-state index is 12.0. The van der Waals surface area contributed by atoms with Crippen molar-refractivity contribution in [2.24, 2.45) is 0 Å². The van der Waals surface area contributed by atoms with Crippen LogP contribution < -0.4 is 4.72 Å². The fourth-order valence-electron chi connectivity index (χ4n) is 1.54. The summed E-state index contributed by atoms with van der Waals surface area (Å²) in [5, 5.41) is 0. The van der Waals surface area contributed by atoms with E-state index < -0.39 is 10.0 Å². The summed E-state index contributed by atoms with van der Waals surface area (Å²) in [5.74, 6) is 0. The molecule has 1 aromatic rings. The average molecular weight is 359 g/mol. The monoisotopic (exact) mass is 358 g/mol. The van der Waals surface area contributed by atoms with Gasteiger partial charge in [-0.3, -0.25) is 0 Å². The van der Waals surface area contributed by atoms with Crippen molar-refractivity contribution < 1.29 is 8.42 Å². The Hall–Kier alpha value is 0.150. The second kappa shape index (κ2) is 7.96. The zero-order valence-corrected chi connectivity index (χ0v) is 15.0. The van der Waals surface area contributed by atoms with Crippen molar-refractivity contribution in [1.29, 1.82) is 0 Å². The summed E-state index contributed by atoms with van der Waals surface area (Å²) in [6.07, 6.45) is 1.72. The highest BCUT2D eigenvalue weighted by Crippen LogP contribution is 2.33. The molecule has 8 heteroatoms. The van der Waals surface area contributed by atoms with Gasteiger partial charge in [-0.05, 0) is 46.3 Å². The molecule has 1 aromatic heterocycles. The summed E-state index contributed by atoms with van der Waals surface area (Å²) in [4.78, 5) is 2.29. The Morgan fingerprint density at radius 2 is 2.00 bits per heavy atom. The van der Waals surface area contributed by atoms with Crippen molar-refractivity contribution >= 4 is 44.6 Å². The van der Waals surface area contributed by atoms with Crippen LogP contribution in [0.25, 0.3) is 0 Å². The molecular formula is C12H20Cl2N2O2S2. The number of hydrogen-bond acceptors (Lipinski definition) is 4. The molecule has 0 atom stereocenters. The Labute approximate surface area is 135 Å². The van der Waals surface area contributed by atoms with Crippen LogP contribution in [-0.4, -0.2) is 39.5 Å². The van der Waals surface area contributed by atoms with Gasteiger partial charge >= 0.3 is 0 Å². The van der Waals surface area contributed by atoms with E-state index in [-0.39, 0.29) is 9.23 Å². The smallest absolute Gasteiger partial charge is 0.242 e. The average Bonchev–Trinajstić information content (AvgIpc) is 2.68. The van der Waals surface area contributed by atoms with Gasteiger partial charge in [0.05, 0.1) is 4.34 Å². The topological polar surface area (TPSA) is 49.4 Å². The van der Waals surface area contributed by atoms with Gasteiger partial charge in [0.25, 0.3) is 0 Å². The third kappa shape index (κ3) is 5.50. The predicted octanol–water partition coefficient (Wildman–Crippen LogP) is 3.45. The molecule has 0 aliphatic heterocycles. The Morgan fingerprint density at radius 1 is 1.35 bits per heavy atom. The van der Waals surface area contributed by atoms with E-state index in [0.717, 1.165) is 30.7 Å². The summed E-state index contributed by atoms with van der Waals surface area (Å²) < 4.78 is 27.1. The maximum absolute atomic E-state index is 12.0. The molecule has 0 fully saturated rings. The highest BCUT2D eigenvalue weighted by molar-refractivity contribution is 7.89. The normalized spacial score (nSPS) is 12.6. The van der Waals surface area contributed by atoms with E-state index in [9.17, 15) is 8.42 Å². The van der Waals surface area contributed by atoms with E-state index in [1.54, 1.807) is 0 Å². The number of hydrogen-bond donors (Lipinski definition) is 1. The van der Waals surface area contributed by atoms with Crippen LogP contribution in [0.2, 0.25) is 8.67 Å². The summed E-state index contributed by atoms with van der Waals surface area (Å²) in [6.45, 7) is 5.61. The van der Waals surface area contributed by atoms with Crippen LogP contribution in [0, 0.1) is 0 Å². The molecule has 4 nitrogen and oxygen atoms in total. The predicted molar refractivity (Wildman–Crippen MR) is 86.5 cm³/mol. The molecule has 0 aliphatic rings. The molecule has 0 spiro atoms. The van der Waals surface area contributed by atoms with Crippen LogP contribution in [-0.2, 0) is 10.0 Å². The summed E-state index contributed by atoms with van der Waals surface area (Å²) in [6, 6.07) is 1.88. The summed E-state index contributed by atoms with van der Waals surface area (Å²) >= 11 is 12.7. The summed E-state index contributed by atoms with van der Waals surface area (Å²) in [7, 11) is -1.50. The first-order chi connectivity index (χ1) is 9.24. The third-order valence-electron chi connectivity index (χ3n) is 3.03. The number of nitrogens with one attached hydrogen (secondary N) is 1. The molecule has 0 unspecified atom stereocenters. The zero-order valence-electron chi connectivity index (χ0n) is 11.8. The first-order valence-electron chi connectivity index (χ1n) is 6.39. The Kier molecular flexibility index (Phi) is 7.24. The van der Waals surface area contributed by atoms with Gasteiger partial charge < -0.3 is 4.90 Å². The van der Waals surface area contributed by atoms with Gasteiger partial charge in [0.15, 0.2) is 0 Å². The Balaban J connectivity index is 2.40. The molecular weight excluding hydrogens is 339 g/mol.